The molecular weight excluding hydrogens is 402 g/mol. The molecule has 4 aromatic rings. The number of para-hydroxylation sites is 1. The van der Waals surface area contributed by atoms with E-state index in [1.54, 1.807) is 30.0 Å². The molecule has 0 radical (unpaired) electrons. The van der Waals surface area contributed by atoms with Crippen LogP contribution >= 0.6 is 0 Å². The SMILES string of the molecule is Cc1cccc(OC(C)C(=O)N(Cc2ccccc2)Cc2nc3ccccc3c(=O)[nH]2)c1. The van der Waals surface area contributed by atoms with Crippen LogP contribution in [0.4, 0.5) is 0 Å². The number of aryl methyl sites for hydroxylation is 1. The Labute approximate surface area is 186 Å². The Bertz CT molecular complexity index is 1280. The fourth-order valence-corrected chi connectivity index (χ4v) is 3.61. The van der Waals surface area contributed by atoms with E-state index < -0.39 is 6.10 Å². The molecule has 0 aliphatic heterocycles. The molecule has 0 aliphatic rings. The number of hydrogen-bond donors (Lipinski definition) is 1. The number of H-pyrrole nitrogens is 1. The summed E-state index contributed by atoms with van der Waals surface area (Å²) in [4.78, 5) is 34.9. The Morgan fingerprint density at radius 1 is 1.00 bits per heavy atom. The summed E-state index contributed by atoms with van der Waals surface area (Å²) in [6, 6.07) is 24.5. The molecule has 1 amide bonds. The lowest BCUT2D eigenvalue weighted by atomic mass is 10.2. The minimum absolute atomic E-state index is 0.162. The van der Waals surface area contributed by atoms with Crippen LogP contribution in [0.2, 0.25) is 0 Å². The second kappa shape index (κ2) is 9.47. The van der Waals surface area contributed by atoms with Gasteiger partial charge in [-0.1, -0.05) is 54.6 Å². The van der Waals surface area contributed by atoms with Gasteiger partial charge in [-0.2, -0.15) is 0 Å². The molecule has 4 rings (SSSR count). The van der Waals surface area contributed by atoms with Crippen molar-refractivity contribution in [3.8, 4) is 5.75 Å². The summed E-state index contributed by atoms with van der Waals surface area (Å²) in [5.74, 6) is 0.884. The van der Waals surface area contributed by atoms with Crippen molar-refractivity contribution in [2.45, 2.75) is 33.0 Å². The fraction of sp³-hybridized carbons (Fsp3) is 0.192. The maximum atomic E-state index is 13.4. The zero-order chi connectivity index (χ0) is 22.5. The Morgan fingerprint density at radius 2 is 1.75 bits per heavy atom. The third-order valence-electron chi connectivity index (χ3n) is 5.18. The summed E-state index contributed by atoms with van der Waals surface area (Å²) < 4.78 is 5.92. The molecule has 0 spiro atoms. The molecule has 1 heterocycles. The van der Waals surface area contributed by atoms with Crippen LogP contribution in [-0.4, -0.2) is 26.9 Å². The first-order chi connectivity index (χ1) is 15.5. The van der Waals surface area contributed by atoms with E-state index in [-0.39, 0.29) is 18.0 Å². The molecule has 6 heteroatoms. The Morgan fingerprint density at radius 3 is 2.53 bits per heavy atom. The van der Waals surface area contributed by atoms with Crippen LogP contribution < -0.4 is 10.3 Å². The smallest absolute Gasteiger partial charge is 0.264 e. The summed E-state index contributed by atoms with van der Waals surface area (Å²) in [5.41, 5.74) is 2.41. The van der Waals surface area contributed by atoms with E-state index >= 15 is 0 Å². The van der Waals surface area contributed by atoms with Gasteiger partial charge in [0.05, 0.1) is 17.4 Å². The summed E-state index contributed by atoms with van der Waals surface area (Å²) in [6.07, 6.45) is -0.701. The minimum atomic E-state index is -0.701. The van der Waals surface area contributed by atoms with Gasteiger partial charge in [-0.25, -0.2) is 4.98 Å². The van der Waals surface area contributed by atoms with Gasteiger partial charge in [0.1, 0.15) is 11.6 Å². The largest absolute Gasteiger partial charge is 0.481 e. The van der Waals surface area contributed by atoms with Crippen molar-refractivity contribution in [3.63, 3.8) is 0 Å². The maximum Gasteiger partial charge on any atom is 0.264 e. The van der Waals surface area contributed by atoms with E-state index in [0.29, 0.717) is 29.0 Å². The monoisotopic (exact) mass is 427 g/mol. The predicted octanol–water partition coefficient (Wildman–Crippen LogP) is 4.23. The van der Waals surface area contributed by atoms with E-state index in [1.165, 1.54) is 0 Å². The highest BCUT2D eigenvalue weighted by Gasteiger charge is 2.24. The van der Waals surface area contributed by atoms with E-state index in [9.17, 15) is 9.59 Å². The van der Waals surface area contributed by atoms with E-state index in [4.69, 9.17) is 4.74 Å². The van der Waals surface area contributed by atoms with Gasteiger partial charge >= 0.3 is 0 Å². The molecule has 1 aromatic heterocycles. The number of rotatable bonds is 7. The molecule has 1 atom stereocenters. The van der Waals surface area contributed by atoms with Crippen molar-refractivity contribution in [2.24, 2.45) is 0 Å². The topological polar surface area (TPSA) is 75.3 Å². The van der Waals surface area contributed by atoms with Crippen LogP contribution in [-0.2, 0) is 17.9 Å². The third-order valence-corrected chi connectivity index (χ3v) is 5.18. The van der Waals surface area contributed by atoms with Crippen molar-refractivity contribution in [3.05, 3.63) is 106 Å². The van der Waals surface area contributed by atoms with Crippen LogP contribution in [0.25, 0.3) is 10.9 Å². The number of fused-ring (bicyclic) bond motifs is 1. The highest BCUT2D eigenvalue weighted by atomic mass is 16.5. The van der Waals surface area contributed by atoms with Gasteiger partial charge in [0, 0.05) is 6.54 Å². The zero-order valence-electron chi connectivity index (χ0n) is 18.1. The number of nitrogens with one attached hydrogen (secondary N) is 1. The highest BCUT2D eigenvalue weighted by Crippen LogP contribution is 2.17. The fourth-order valence-electron chi connectivity index (χ4n) is 3.61. The first-order valence-corrected chi connectivity index (χ1v) is 10.5. The van der Waals surface area contributed by atoms with Crippen LogP contribution in [0.3, 0.4) is 0 Å². The van der Waals surface area contributed by atoms with Gasteiger partial charge in [-0.3, -0.25) is 9.59 Å². The van der Waals surface area contributed by atoms with Gasteiger partial charge < -0.3 is 14.6 Å². The lowest BCUT2D eigenvalue weighted by molar-refractivity contribution is -0.139. The summed E-state index contributed by atoms with van der Waals surface area (Å²) in [6.45, 7) is 4.25. The number of amides is 1. The number of aromatic nitrogens is 2. The molecule has 0 saturated heterocycles. The first-order valence-electron chi connectivity index (χ1n) is 10.5. The van der Waals surface area contributed by atoms with Gasteiger partial charge in [0.15, 0.2) is 6.10 Å². The molecule has 6 nitrogen and oxygen atoms in total. The van der Waals surface area contributed by atoms with E-state index in [1.807, 2.05) is 67.6 Å². The predicted molar refractivity (Wildman–Crippen MR) is 124 cm³/mol. The Hall–Kier alpha value is -3.93. The Kier molecular flexibility index (Phi) is 6.31. The molecule has 32 heavy (non-hydrogen) atoms. The average molecular weight is 428 g/mol. The molecular formula is C26H25N3O3. The van der Waals surface area contributed by atoms with Crippen molar-refractivity contribution in [1.82, 2.24) is 14.9 Å². The minimum Gasteiger partial charge on any atom is -0.481 e. The molecule has 3 aromatic carbocycles. The maximum absolute atomic E-state index is 13.4. The molecule has 0 saturated carbocycles. The molecule has 0 bridgehead atoms. The lowest BCUT2D eigenvalue weighted by Gasteiger charge is -2.26. The van der Waals surface area contributed by atoms with Crippen molar-refractivity contribution in [1.29, 1.82) is 0 Å². The average Bonchev–Trinajstić information content (AvgIpc) is 2.79. The standard InChI is InChI=1S/C26H25N3O3/c1-18-9-8-12-21(15-18)32-19(2)26(31)29(16-20-10-4-3-5-11-20)17-24-27-23-14-7-6-13-22(23)25(30)28-24/h3-15,19H,16-17H2,1-2H3,(H,27,28,30). The van der Waals surface area contributed by atoms with E-state index in [2.05, 4.69) is 9.97 Å². The number of nitrogens with zero attached hydrogens (tertiary/aromatic N) is 2. The second-order valence-electron chi connectivity index (χ2n) is 7.79. The molecule has 162 valence electrons. The van der Waals surface area contributed by atoms with Crippen molar-refractivity contribution >= 4 is 16.8 Å². The zero-order valence-corrected chi connectivity index (χ0v) is 18.1. The number of ether oxygens (including phenoxy) is 1. The summed E-state index contributed by atoms with van der Waals surface area (Å²) in [5, 5.41) is 0.522. The van der Waals surface area contributed by atoms with Crippen molar-refractivity contribution in [2.75, 3.05) is 0 Å². The van der Waals surface area contributed by atoms with Crippen LogP contribution in [0.5, 0.6) is 5.75 Å². The second-order valence-corrected chi connectivity index (χ2v) is 7.79. The molecule has 1 N–H and O–H groups in total. The van der Waals surface area contributed by atoms with Gasteiger partial charge in [-0.05, 0) is 49.2 Å². The molecule has 1 unspecified atom stereocenters. The summed E-state index contributed by atoms with van der Waals surface area (Å²) >= 11 is 0. The van der Waals surface area contributed by atoms with Gasteiger partial charge in [-0.15, -0.1) is 0 Å². The first kappa shape index (κ1) is 21.3. The lowest BCUT2D eigenvalue weighted by Crippen LogP contribution is -2.40. The van der Waals surface area contributed by atoms with Gasteiger partial charge in [0.2, 0.25) is 0 Å². The number of carbonyl (C=O) groups is 1. The van der Waals surface area contributed by atoms with Crippen LogP contribution in [0, 0.1) is 6.92 Å². The van der Waals surface area contributed by atoms with Crippen LogP contribution in [0.1, 0.15) is 23.9 Å². The number of hydrogen-bond acceptors (Lipinski definition) is 4. The van der Waals surface area contributed by atoms with Crippen LogP contribution in [0.15, 0.2) is 83.7 Å². The normalized spacial score (nSPS) is 11.8. The number of carbonyl (C=O) groups excluding carboxylic acids is 1. The highest BCUT2D eigenvalue weighted by molar-refractivity contribution is 5.81. The van der Waals surface area contributed by atoms with Gasteiger partial charge in [0.25, 0.3) is 11.5 Å². The van der Waals surface area contributed by atoms with Crippen molar-refractivity contribution < 1.29 is 9.53 Å². The number of aromatic amines is 1. The van der Waals surface area contributed by atoms with E-state index in [0.717, 1.165) is 11.1 Å². The number of benzene rings is 3. The molecule has 0 aliphatic carbocycles. The summed E-state index contributed by atoms with van der Waals surface area (Å²) in [7, 11) is 0. The molecule has 0 fully saturated rings. The quantitative estimate of drug-likeness (QED) is 0.479. The Balaban J connectivity index is 1.61. The third kappa shape index (κ3) is 5.03.